The van der Waals surface area contributed by atoms with Crippen LogP contribution >= 0.6 is 0 Å². The molecule has 0 bridgehead atoms. The van der Waals surface area contributed by atoms with E-state index in [-0.39, 0.29) is 0 Å². The highest BCUT2D eigenvalue weighted by atomic mass is 14.9. The molecule has 0 unspecified atom stereocenters. The molecule has 6 nitrogen and oxygen atoms in total. The molecule has 17 aromatic carbocycles. The van der Waals surface area contributed by atoms with Crippen LogP contribution in [-0.2, 0) is 10.8 Å². The monoisotopic (exact) mass is 1470 g/mol. The number of nitrogens with zero attached hydrogens (tertiary/aromatic N) is 6. The number of hydrogen-bond donors (Lipinski definition) is 0. The molecule has 0 spiro atoms. The predicted octanol–water partition coefficient (Wildman–Crippen LogP) is 28.1. The topological polar surface area (TPSA) is 60.3 Å². The van der Waals surface area contributed by atoms with Crippen LogP contribution in [0.5, 0.6) is 0 Å². The molecule has 0 N–H and O–H groups in total. The van der Waals surface area contributed by atoms with E-state index in [1.165, 1.54) is 71.8 Å². The Morgan fingerprint density at radius 2 is 0.491 bits per heavy atom. The molecule has 0 saturated heterocycles. The normalized spacial score (nSPS) is 12.4. The Hall–Kier alpha value is -15.6. The number of fused-ring (bicyclic) bond motifs is 8. The van der Waals surface area contributed by atoms with Crippen molar-refractivity contribution in [3.05, 3.63) is 492 Å². The van der Waals surface area contributed by atoms with Crippen LogP contribution in [0.4, 0.5) is 11.4 Å². The third-order valence-corrected chi connectivity index (χ3v) is 23.2. The number of rotatable bonds is 13. The molecule has 0 atom stereocenters. The van der Waals surface area contributed by atoms with Gasteiger partial charge in [-0.05, 0) is 146 Å². The first-order valence-corrected chi connectivity index (χ1v) is 39.1. The number of aromatic nitrogens is 4. The van der Waals surface area contributed by atoms with Gasteiger partial charge in [0.1, 0.15) is 0 Å². The van der Waals surface area contributed by atoms with E-state index in [1.807, 2.05) is 36.4 Å². The summed E-state index contributed by atoms with van der Waals surface area (Å²) in [6.45, 7) is 15.9. The van der Waals surface area contributed by atoms with E-state index in [2.05, 4.69) is 398 Å². The minimum atomic E-state index is -0.594. The molecule has 2 heterocycles. The van der Waals surface area contributed by atoms with Crippen molar-refractivity contribution in [3.63, 3.8) is 0 Å². The first kappa shape index (κ1) is 69.6. The molecule has 19 aromatic rings. The SMILES string of the molecule is [C-]#[N+]c1ccc2c(c1)C(c1ccccc1)(c1ccccc1)c1cccc(-c3ccc(-c4cc(-c5ccc6ccccc6c5)nc(-c5ccc6ccccc6c5)n4)cc3)c1-2.[C-]#[N+]c1ccc2c(c1)C(c1ccccc1)(c1ccccc1)c1cccc(-c3ccc(-c4nc(-c5ccccc5)cc(-c5ccc(-c6ccccc6)cc5)n4)cc3)c1-2. The summed E-state index contributed by atoms with van der Waals surface area (Å²) in [4.78, 5) is 28.5. The van der Waals surface area contributed by atoms with E-state index in [0.717, 1.165) is 106 Å². The fourth-order valence-corrected chi connectivity index (χ4v) is 17.8. The molecule has 2 aliphatic rings. The summed E-state index contributed by atoms with van der Waals surface area (Å²) in [5.74, 6) is 1.36. The van der Waals surface area contributed by atoms with Crippen molar-refractivity contribution in [1.29, 1.82) is 0 Å². The Balaban J connectivity index is 0.000000150. The Bertz CT molecular complexity index is 6860. The molecule has 6 heteroatoms. The van der Waals surface area contributed by atoms with Crippen molar-refractivity contribution in [3.8, 4) is 123 Å². The quantitative estimate of drug-likeness (QED) is 0.108. The maximum absolute atomic E-state index is 7.98. The lowest BCUT2D eigenvalue weighted by molar-refractivity contribution is 0.769. The first-order valence-electron chi connectivity index (χ1n) is 39.1. The smallest absolute Gasteiger partial charge is 0.187 e. The highest BCUT2D eigenvalue weighted by Gasteiger charge is 2.49. The standard InChI is InChI=1S/C56H35N3.C54H35N3/c1-57-47-31-32-49-51(35-47)56(45-17-4-2-5-18-45,46-19-6-3-7-20-46)50-22-12-21-48(54(49)50)39-25-27-40(28-26-39)52-36-53(43-29-23-37-13-8-10-15-41(37)33-43)59-55(58-52)44-30-24-38-14-9-11-16-42(38)34-44;1-55-45-33-34-47-49(35-45)54(43-19-10-4-11-20-43,44-21-12-5-13-22-44)48-24-14-23-46(52(47)48)39-27-31-42(32-28-39)53-56-50(40-17-8-3-9-18-40)36-51(57-53)41-29-25-38(26-30-41)37-15-6-2-7-16-37/h2-36H;2-36H. The lowest BCUT2D eigenvalue weighted by atomic mass is 9.67. The average Bonchev–Trinajstić information content (AvgIpc) is 1.53. The fourth-order valence-electron chi connectivity index (χ4n) is 17.8. The third-order valence-electron chi connectivity index (χ3n) is 23.2. The van der Waals surface area contributed by atoms with Gasteiger partial charge in [0.05, 0.1) is 46.7 Å². The second-order valence-electron chi connectivity index (χ2n) is 29.6. The summed E-state index contributed by atoms with van der Waals surface area (Å²) in [6.07, 6.45) is 0. The molecule has 0 amide bonds. The van der Waals surface area contributed by atoms with E-state index >= 15 is 0 Å². The molecule has 540 valence electrons. The molecule has 0 aliphatic heterocycles. The minimum Gasteiger partial charge on any atom is -0.238 e. The summed E-state index contributed by atoms with van der Waals surface area (Å²) in [5.41, 5.74) is 30.5. The van der Waals surface area contributed by atoms with Crippen LogP contribution in [0, 0.1) is 13.1 Å². The van der Waals surface area contributed by atoms with Gasteiger partial charge in [0.25, 0.3) is 0 Å². The molecule has 21 rings (SSSR count). The summed E-state index contributed by atoms with van der Waals surface area (Å²) in [5, 5.41) is 4.71. The summed E-state index contributed by atoms with van der Waals surface area (Å²) in [7, 11) is 0. The Morgan fingerprint density at radius 3 is 0.905 bits per heavy atom. The molecule has 0 radical (unpaired) electrons. The Kier molecular flexibility index (Phi) is 17.7. The van der Waals surface area contributed by atoms with Crippen molar-refractivity contribution >= 4 is 32.9 Å². The van der Waals surface area contributed by atoms with Crippen LogP contribution in [0.15, 0.2) is 425 Å². The minimum absolute atomic E-state index is 0.592. The van der Waals surface area contributed by atoms with Crippen LogP contribution in [0.3, 0.4) is 0 Å². The largest absolute Gasteiger partial charge is 0.238 e. The molecule has 116 heavy (non-hydrogen) atoms. The zero-order chi connectivity index (χ0) is 77.5. The van der Waals surface area contributed by atoms with Gasteiger partial charge in [-0.25, -0.2) is 29.6 Å². The highest BCUT2D eigenvalue weighted by Crippen LogP contribution is 2.61. The van der Waals surface area contributed by atoms with Gasteiger partial charge < -0.3 is 0 Å². The van der Waals surface area contributed by atoms with Crippen molar-refractivity contribution in [2.24, 2.45) is 0 Å². The van der Waals surface area contributed by atoms with Crippen LogP contribution in [0.2, 0.25) is 0 Å². The van der Waals surface area contributed by atoms with Gasteiger partial charge >= 0.3 is 0 Å². The molecule has 2 aromatic heterocycles. The van der Waals surface area contributed by atoms with Crippen LogP contribution in [0.1, 0.15) is 44.5 Å². The van der Waals surface area contributed by atoms with Crippen LogP contribution in [0.25, 0.3) is 155 Å². The second kappa shape index (κ2) is 29.6. The van der Waals surface area contributed by atoms with E-state index in [9.17, 15) is 0 Å². The van der Waals surface area contributed by atoms with Crippen molar-refractivity contribution in [2.75, 3.05) is 0 Å². The molecule has 0 saturated carbocycles. The van der Waals surface area contributed by atoms with E-state index in [0.29, 0.717) is 23.0 Å². The molecular formula is C110H70N6. The van der Waals surface area contributed by atoms with Crippen LogP contribution < -0.4 is 0 Å². The van der Waals surface area contributed by atoms with Crippen molar-refractivity contribution < 1.29 is 0 Å². The van der Waals surface area contributed by atoms with E-state index in [1.54, 1.807) is 0 Å². The number of hydrogen-bond acceptors (Lipinski definition) is 4. The lowest BCUT2D eigenvalue weighted by Gasteiger charge is -2.34. The first-order chi connectivity index (χ1) is 57.4. The van der Waals surface area contributed by atoms with Crippen LogP contribution in [-0.4, -0.2) is 19.9 Å². The lowest BCUT2D eigenvalue weighted by Crippen LogP contribution is -2.28. The molecule has 0 fully saturated rings. The summed E-state index contributed by atoms with van der Waals surface area (Å²) in [6, 6.07) is 149. The predicted molar refractivity (Wildman–Crippen MR) is 475 cm³/mol. The average molecular weight is 1480 g/mol. The van der Waals surface area contributed by atoms with Gasteiger partial charge in [0.2, 0.25) is 0 Å². The zero-order valence-electron chi connectivity index (χ0n) is 63.1. The third kappa shape index (κ3) is 12.2. The summed E-state index contributed by atoms with van der Waals surface area (Å²) < 4.78 is 0. The van der Waals surface area contributed by atoms with Gasteiger partial charge in [-0.2, -0.15) is 0 Å². The van der Waals surface area contributed by atoms with Crippen molar-refractivity contribution in [2.45, 2.75) is 10.8 Å². The molecular weight excluding hydrogens is 1410 g/mol. The number of benzene rings is 17. The van der Waals surface area contributed by atoms with Gasteiger partial charge in [0, 0.05) is 33.4 Å². The highest BCUT2D eigenvalue weighted by molar-refractivity contribution is 5.99. The Morgan fingerprint density at radius 1 is 0.190 bits per heavy atom. The maximum atomic E-state index is 7.98. The van der Waals surface area contributed by atoms with Gasteiger partial charge in [0.15, 0.2) is 23.0 Å². The Labute approximate surface area is 674 Å². The van der Waals surface area contributed by atoms with E-state index < -0.39 is 10.8 Å². The van der Waals surface area contributed by atoms with Gasteiger partial charge in [-0.15, -0.1) is 0 Å². The summed E-state index contributed by atoms with van der Waals surface area (Å²) >= 11 is 0. The van der Waals surface area contributed by atoms with Gasteiger partial charge in [-0.3, -0.25) is 0 Å². The van der Waals surface area contributed by atoms with Crippen molar-refractivity contribution in [1.82, 2.24) is 19.9 Å². The van der Waals surface area contributed by atoms with Gasteiger partial charge in [-0.1, -0.05) is 400 Å². The van der Waals surface area contributed by atoms with E-state index in [4.69, 9.17) is 33.1 Å². The maximum Gasteiger partial charge on any atom is 0.187 e. The zero-order valence-corrected chi connectivity index (χ0v) is 63.1. The fraction of sp³-hybridized carbons (Fsp3) is 0.0182. The molecule has 2 aliphatic carbocycles. The second-order valence-corrected chi connectivity index (χ2v) is 29.6.